The van der Waals surface area contributed by atoms with E-state index >= 15 is 0 Å². The van der Waals surface area contributed by atoms with Crippen molar-refractivity contribution in [1.82, 2.24) is 25.3 Å². The van der Waals surface area contributed by atoms with Crippen molar-refractivity contribution in [2.75, 3.05) is 48.5 Å². The van der Waals surface area contributed by atoms with Gasteiger partial charge in [0.05, 0.1) is 42.9 Å². The molecule has 0 aliphatic carbocycles. The molecule has 0 amide bonds. The standard InChI is InChI=1S/C43H40Cl2N8O4S/c1-56-32-6-9-41(57-2)30(18-32)25-49-37-12-16-47-35-7-4-26(19-33(35)37)28-21-39(42(44)50-23-28)53(58(3,54)55)40-22-29(24-51-43(40)45)27-5-8-36-34(20-27)38(13-17-48-36)52-31-10-14-46-15-11-31/h4-9,12-13,16-24,31,46H,10-11,14-15,25H2,1-3H3,(H,47,49)(H,48,52). The molecule has 0 bridgehead atoms. The number of halogens is 2. The van der Waals surface area contributed by atoms with E-state index in [2.05, 4.69) is 35.9 Å². The van der Waals surface area contributed by atoms with Gasteiger partial charge in [-0.1, -0.05) is 35.3 Å². The van der Waals surface area contributed by atoms with E-state index in [0.717, 1.165) is 97.9 Å². The SMILES string of the molecule is COc1ccc(OC)c(CNc2ccnc3ccc(-c4cnc(Cl)c(N(c5cc(-c6ccc7nccc(NC8CCNCC8)c7c6)cnc5Cl)S(C)(=O)=O)c4)cc23)c1. The minimum Gasteiger partial charge on any atom is -0.497 e. The van der Waals surface area contributed by atoms with Gasteiger partial charge in [-0.25, -0.2) is 22.7 Å². The first-order chi connectivity index (χ1) is 28.1. The summed E-state index contributed by atoms with van der Waals surface area (Å²) in [6.45, 7) is 2.38. The molecule has 1 aliphatic rings. The van der Waals surface area contributed by atoms with Crippen LogP contribution in [0.5, 0.6) is 11.5 Å². The Hall–Kier alpha value is -5.73. The summed E-state index contributed by atoms with van der Waals surface area (Å²) in [5.74, 6) is 1.45. The summed E-state index contributed by atoms with van der Waals surface area (Å²) in [6.07, 6.45) is 9.90. The van der Waals surface area contributed by atoms with Gasteiger partial charge in [0, 0.05) is 76.2 Å². The molecule has 15 heteroatoms. The van der Waals surface area contributed by atoms with E-state index in [1.165, 1.54) is 0 Å². The fourth-order valence-corrected chi connectivity index (χ4v) is 8.76. The Labute approximate surface area is 346 Å². The van der Waals surface area contributed by atoms with Crippen molar-refractivity contribution in [3.05, 3.63) is 120 Å². The van der Waals surface area contributed by atoms with Gasteiger partial charge >= 0.3 is 0 Å². The number of hydrogen-bond donors (Lipinski definition) is 3. The average Bonchev–Trinajstić information content (AvgIpc) is 3.24. The summed E-state index contributed by atoms with van der Waals surface area (Å²) >= 11 is 13.5. The minimum atomic E-state index is -4.04. The second-order valence-corrected chi connectivity index (χ2v) is 16.5. The van der Waals surface area contributed by atoms with Crippen LogP contribution in [0.4, 0.5) is 22.7 Å². The van der Waals surface area contributed by atoms with Crippen molar-refractivity contribution in [3.8, 4) is 33.8 Å². The molecule has 0 atom stereocenters. The quantitative estimate of drug-likeness (QED) is 0.101. The molecule has 3 aromatic carbocycles. The van der Waals surface area contributed by atoms with Crippen LogP contribution in [0.15, 0.2) is 104 Å². The third-order valence-corrected chi connectivity index (χ3v) is 11.9. The molecule has 1 saturated heterocycles. The average molecular weight is 836 g/mol. The lowest BCUT2D eigenvalue weighted by Gasteiger charge is -2.25. The second-order valence-electron chi connectivity index (χ2n) is 14.0. The third-order valence-electron chi connectivity index (χ3n) is 10.2. The Morgan fingerprint density at radius 1 is 0.724 bits per heavy atom. The number of ether oxygens (including phenoxy) is 2. The molecule has 7 aromatic rings. The number of anilines is 4. The smallest absolute Gasteiger partial charge is 0.236 e. The first-order valence-corrected chi connectivity index (χ1v) is 21.2. The summed E-state index contributed by atoms with van der Waals surface area (Å²) in [6, 6.07) is 25.0. The maximum Gasteiger partial charge on any atom is 0.236 e. The molecule has 0 saturated carbocycles. The zero-order valence-electron chi connectivity index (χ0n) is 32.0. The highest BCUT2D eigenvalue weighted by molar-refractivity contribution is 7.92. The van der Waals surface area contributed by atoms with Gasteiger partial charge < -0.3 is 25.4 Å². The maximum absolute atomic E-state index is 13.7. The number of methoxy groups -OCH3 is 2. The first-order valence-electron chi connectivity index (χ1n) is 18.6. The molecule has 0 radical (unpaired) electrons. The molecule has 1 aliphatic heterocycles. The van der Waals surface area contributed by atoms with Gasteiger partial charge in [-0.05, 0) is 104 Å². The molecular formula is C43H40Cl2N8O4S. The van der Waals surface area contributed by atoms with E-state index in [-0.39, 0.29) is 21.7 Å². The fourth-order valence-electron chi connectivity index (χ4n) is 7.29. The van der Waals surface area contributed by atoms with Crippen LogP contribution in [-0.2, 0) is 16.6 Å². The second kappa shape index (κ2) is 16.6. The maximum atomic E-state index is 13.7. The van der Waals surface area contributed by atoms with Gasteiger partial charge in [-0.3, -0.25) is 9.97 Å². The van der Waals surface area contributed by atoms with Crippen LogP contribution in [0.1, 0.15) is 18.4 Å². The number of aromatic nitrogens is 4. The van der Waals surface area contributed by atoms with Crippen molar-refractivity contribution in [1.29, 1.82) is 0 Å². The van der Waals surface area contributed by atoms with Crippen LogP contribution in [0, 0.1) is 0 Å². The number of nitrogens with zero attached hydrogens (tertiary/aromatic N) is 5. The zero-order chi connectivity index (χ0) is 40.4. The van der Waals surface area contributed by atoms with Crippen LogP contribution < -0.4 is 29.7 Å². The van der Waals surface area contributed by atoms with Crippen LogP contribution in [0.25, 0.3) is 44.1 Å². The van der Waals surface area contributed by atoms with E-state index in [1.54, 1.807) is 51.1 Å². The van der Waals surface area contributed by atoms with Gasteiger partial charge in [0.15, 0.2) is 10.3 Å². The summed E-state index contributed by atoms with van der Waals surface area (Å²) in [4.78, 5) is 18.1. The summed E-state index contributed by atoms with van der Waals surface area (Å²) in [5.41, 5.74) is 7.43. The largest absolute Gasteiger partial charge is 0.497 e. The molecular weight excluding hydrogens is 795 g/mol. The van der Waals surface area contributed by atoms with Gasteiger partial charge in [0.1, 0.15) is 11.5 Å². The molecule has 296 valence electrons. The predicted octanol–water partition coefficient (Wildman–Crippen LogP) is 9.10. The molecule has 5 heterocycles. The number of sulfonamides is 1. The molecule has 4 aromatic heterocycles. The normalized spacial score (nSPS) is 13.4. The van der Waals surface area contributed by atoms with Crippen molar-refractivity contribution >= 4 is 77.8 Å². The number of rotatable bonds is 12. The van der Waals surface area contributed by atoms with Gasteiger partial charge in [-0.2, -0.15) is 0 Å². The van der Waals surface area contributed by atoms with Gasteiger partial charge in [-0.15, -0.1) is 0 Å². The van der Waals surface area contributed by atoms with Crippen LogP contribution in [0.3, 0.4) is 0 Å². The molecule has 58 heavy (non-hydrogen) atoms. The van der Waals surface area contributed by atoms with E-state index < -0.39 is 10.0 Å². The number of piperidine rings is 1. The predicted molar refractivity (Wildman–Crippen MR) is 233 cm³/mol. The highest BCUT2D eigenvalue weighted by atomic mass is 35.5. The molecule has 12 nitrogen and oxygen atoms in total. The fraction of sp³-hybridized carbons (Fsp3) is 0.209. The van der Waals surface area contributed by atoms with E-state index in [1.807, 2.05) is 66.7 Å². The number of pyridine rings is 4. The first kappa shape index (κ1) is 39.1. The Kier molecular flexibility index (Phi) is 11.2. The topological polar surface area (TPSA) is 143 Å². The monoisotopic (exact) mass is 834 g/mol. The van der Waals surface area contributed by atoms with Gasteiger partial charge in [0.25, 0.3) is 0 Å². The Balaban J connectivity index is 1.15. The van der Waals surface area contributed by atoms with E-state index in [9.17, 15) is 8.42 Å². The lowest BCUT2D eigenvalue weighted by atomic mass is 10.0. The highest BCUT2D eigenvalue weighted by Crippen LogP contribution is 2.41. The lowest BCUT2D eigenvalue weighted by Crippen LogP contribution is -2.35. The minimum absolute atomic E-state index is 0.0217. The van der Waals surface area contributed by atoms with E-state index in [0.29, 0.717) is 23.7 Å². The molecule has 8 rings (SSSR count). The van der Waals surface area contributed by atoms with E-state index in [4.69, 9.17) is 32.7 Å². The third kappa shape index (κ3) is 8.16. The number of benzene rings is 3. The molecule has 0 spiro atoms. The number of hydrogen-bond acceptors (Lipinski definition) is 11. The van der Waals surface area contributed by atoms with Gasteiger partial charge in [0.2, 0.25) is 10.0 Å². The van der Waals surface area contributed by atoms with Crippen LogP contribution >= 0.6 is 23.2 Å². The van der Waals surface area contributed by atoms with Crippen LogP contribution in [0.2, 0.25) is 10.3 Å². The Morgan fingerprint density at radius 3 is 1.88 bits per heavy atom. The number of nitrogens with one attached hydrogen (secondary N) is 3. The molecule has 3 N–H and O–H groups in total. The Morgan fingerprint density at radius 2 is 1.31 bits per heavy atom. The lowest BCUT2D eigenvalue weighted by molar-refractivity contribution is 0.399. The zero-order valence-corrected chi connectivity index (χ0v) is 34.3. The van der Waals surface area contributed by atoms with Crippen molar-refractivity contribution in [2.24, 2.45) is 0 Å². The highest BCUT2D eigenvalue weighted by Gasteiger charge is 2.27. The molecule has 0 unspecified atom stereocenters. The van der Waals surface area contributed by atoms with Crippen molar-refractivity contribution in [2.45, 2.75) is 25.4 Å². The van der Waals surface area contributed by atoms with Crippen molar-refractivity contribution in [3.63, 3.8) is 0 Å². The van der Waals surface area contributed by atoms with Crippen molar-refractivity contribution < 1.29 is 17.9 Å². The van der Waals surface area contributed by atoms with Crippen LogP contribution in [-0.4, -0.2) is 68.0 Å². The number of fused-ring (bicyclic) bond motifs is 2. The summed E-state index contributed by atoms with van der Waals surface area (Å²) < 4.78 is 39.6. The molecule has 1 fully saturated rings. The summed E-state index contributed by atoms with van der Waals surface area (Å²) in [5, 5.41) is 12.4. The Bertz CT molecular complexity index is 2770. The summed E-state index contributed by atoms with van der Waals surface area (Å²) in [7, 11) is -0.782.